The number of halogens is 1. The van der Waals surface area contributed by atoms with Gasteiger partial charge in [-0.25, -0.2) is 9.18 Å². The minimum absolute atomic E-state index is 0.0173. The van der Waals surface area contributed by atoms with Crippen molar-refractivity contribution in [3.8, 4) is 5.75 Å². The van der Waals surface area contributed by atoms with Crippen LogP contribution in [-0.4, -0.2) is 96.6 Å². The van der Waals surface area contributed by atoms with Crippen LogP contribution in [0.15, 0.2) is 17.1 Å². The molecule has 14 nitrogen and oxygen atoms in total. The number of hydrogen-bond acceptors (Lipinski definition) is 13. The molecular weight excluding hydrogens is 811 g/mol. The Hall–Kier alpha value is -2.45. The van der Waals surface area contributed by atoms with Gasteiger partial charge >= 0.3 is 21.3 Å². The Kier molecular flexibility index (Phi) is 17.8. The standard InChI is InChI=1S/C40H64FN3O11P2S/c1-10-20-51-56(48,52-21-11-2)33(57(49,53-22-12-3)54-23-13-4)15-14-24-58-38(46)31-27-44(29-16-17-29)34-30(36(31)45)25-32(41)35(37(34)50-9)42-18-19-43(28(5)26-42)39(47)55-40(6,7)8/h25,27-29,33H,10-24,26H2,1-9H3. The Labute approximate surface area is 347 Å². The maximum absolute atomic E-state index is 16.3. The summed E-state index contributed by atoms with van der Waals surface area (Å²) in [7, 11) is -6.59. The van der Waals surface area contributed by atoms with Crippen molar-refractivity contribution in [2.24, 2.45) is 0 Å². The molecule has 1 saturated heterocycles. The van der Waals surface area contributed by atoms with Crippen LogP contribution in [0.25, 0.3) is 10.9 Å². The average Bonchev–Trinajstić information content (AvgIpc) is 4.02. The highest BCUT2D eigenvalue weighted by molar-refractivity contribution is 8.14. The summed E-state index contributed by atoms with van der Waals surface area (Å²) in [4.78, 5) is 44.3. The summed E-state index contributed by atoms with van der Waals surface area (Å²) in [6.45, 7) is 16.1. The summed E-state index contributed by atoms with van der Waals surface area (Å²) < 4.78 is 81.7. The van der Waals surface area contributed by atoms with Crippen LogP contribution in [0.3, 0.4) is 0 Å². The number of anilines is 1. The van der Waals surface area contributed by atoms with Gasteiger partial charge in [-0.3, -0.25) is 18.7 Å². The summed E-state index contributed by atoms with van der Waals surface area (Å²) in [6, 6.07) is 0.858. The van der Waals surface area contributed by atoms with E-state index in [1.807, 2.05) is 44.1 Å². The molecule has 58 heavy (non-hydrogen) atoms. The Balaban J connectivity index is 1.62. The van der Waals surface area contributed by atoms with Gasteiger partial charge in [0.05, 0.1) is 50.0 Å². The third-order valence-electron chi connectivity index (χ3n) is 9.61. The van der Waals surface area contributed by atoms with Crippen LogP contribution in [0.5, 0.6) is 5.75 Å². The molecule has 1 aromatic carbocycles. The van der Waals surface area contributed by atoms with E-state index in [9.17, 15) is 23.5 Å². The molecule has 2 aromatic rings. The molecule has 1 atom stereocenters. The smallest absolute Gasteiger partial charge is 0.410 e. The number of piperazine rings is 1. The van der Waals surface area contributed by atoms with Gasteiger partial charge in [-0.15, -0.1) is 0 Å². The average molecular weight is 876 g/mol. The van der Waals surface area contributed by atoms with E-state index in [-0.39, 0.29) is 79.5 Å². The normalized spacial score (nSPS) is 16.7. The van der Waals surface area contributed by atoms with Crippen molar-refractivity contribution < 1.29 is 50.7 Å². The Morgan fingerprint density at radius 2 is 1.48 bits per heavy atom. The van der Waals surface area contributed by atoms with Crippen LogP contribution in [0.4, 0.5) is 14.9 Å². The van der Waals surface area contributed by atoms with Gasteiger partial charge in [-0.1, -0.05) is 39.5 Å². The molecule has 1 amide bonds. The van der Waals surface area contributed by atoms with Gasteiger partial charge in [0, 0.05) is 43.7 Å². The summed E-state index contributed by atoms with van der Waals surface area (Å²) >= 11 is 0.903. The predicted octanol–water partition coefficient (Wildman–Crippen LogP) is 10.0. The molecule has 0 spiro atoms. The Morgan fingerprint density at radius 1 is 0.931 bits per heavy atom. The number of ether oxygens (including phenoxy) is 2. The molecule has 328 valence electrons. The first-order valence-electron chi connectivity index (χ1n) is 20.6. The molecule has 1 aromatic heterocycles. The van der Waals surface area contributed by atoms with E-state index in [4.69, 9.17) is 27.6 Å². The molecule has 0 bridgehead atoms. The van der Waals surface area contributed by atoms with E-state index in [1.54, 1.807) is 31.9 Å². The first-order valence-corrected chi connectivity index (χ1v) is 24.8. The van der Waals surface area contributed by atoms with E-state index < -0.39 is 48.6 Å². The van der Waals surface area contributed by atoms with Crippen molar-refractivity contribution in [3.63, 3.8) is 0 Å². The fraction of sp³-hybridized carbons (Fsp3) is 0.725. The van der Waals surface area contributed by atoms with E-state index in [0.717, 1.165) is 24.6 Å². The van der Waals surface area contributed by atoms with E-state index in [2.05, 4.69) is 0 Å². The second kappa shape index (κ2) is 21.4. The molecule has 1 aliphatic heterocycles. The Bertz CT molecular complexity index is 1830. The number of fused-ring (bicyclic) bond motifs is 1. The maximum Gasteiger partial charge on any atom is 0.410 e. The summed E-state index contributed by atoms with van der Waals surface area (Å²) in [5.74, 6) is -0.302. The first-order chi connectivity index (χ1) is 27.5. The van der Waals surface area contributed by atoms with E-state index in [1.165, 1.54) is 13.2 Å². The molecule has 18 heteroatoms. The van der Waals surface area contributed by atoms with Crippen LogP contribution < -0.4 is 15.1 Å². The van der Waals surface area contributed by atoms with Crippen LogP contribution in [0.2, 0.25) is 0 Å². The lowest BCUT2D eigenvalue weighted by Gasteiger charge is -2.41. The van der Waals surface area contributed by atoms with Crippen molar-refractivity contribution >= 4 is 54.8 Å². The number of rotatable bonds is 22. The van der Waals surface area contributed by atoms with Gasteiger partial charge in [0.1, 0.15) is 11.3 Å². The fourth-order valence-electron chi connectivity index (χ4n) is 6.76. The highest BCUT2D eigenvalue weighted by Crippen LogP contribution is 2.72. The summed E-state index contributed by atoms with van der Waals surface area (Å²) in [6.07, 6.45) is 5.25. The number of carbonyl (C=O) groups excluding carboxylic acids is 2. The minimum Gasteiger partial charge on any atom is -0.492 e. The number of methoxy groups -OCH3 is 1. The fourth-order valence-corrected chi connectivity index (χ4v) is 13.3. The topological polar surface area (TPSA) is 152 Å². The highest BCUT2D eigenvalue weighted by Gasteiger charge is 2.50. The number of aromatic nitrogens is 1. The van der Waals surface area contributed by atoms with Gasteiger partial charge in [-0.2, -0.15) is 0 Å². The molecule has 2 fully saturated rings. The van der Waals surface area contributed by atoms with Crippen LogP contribution in [0.1, 0.15) is 123 Å². The zero-order valence-corrected chi connectivity index (χ0v) is 38.3. The number of thioether (sulfide) groups is 1. The summed E-state index contributed by atoms with van der Waals surface area (Å²) in [5, 5.41) is -1.69. The second-order valence-corrected chi connectivity index (χ2v) is 21.7. The molecular formula is C40H64FN3O11P2S. The maximum atomic E-state index is 16.3. The molecule has 1 unspecified atom stereocenters. The molecule has 1 saturated carbocycles. The zero-order valence-electron chi connectivity index (χ0n) is 35.7. The third-order valence-corrected chi connectivity index (χ3v) is 16.4. The first kappa shape index (κ1) is 48.2. The van der Waals surface area contributed by atoms with Crippen LogP contribution in [0, 0.1) is 5.82 Å². The van der Waals surface area contributed by atoms with Crippen LogP contribution in [-0.2, 0) is 32.0 Å². The quantitative estimate of drug-likeness (QED) is 0.0816. The van der Waals surface area contributed by atoms with Crippen molar-refractivity contribution in [1.29, 1.82) is 0 Å². The number of nitrogens with zero attached hydrogens (tertiary/aromatic N) is 3. The predicted molar refractivity (Wildman–Crippen MR) is 228 cm³/mol. The van der Waals surface area contributed by atoms with Crippen LogP contribution >= 0.6 is 27.0 Å². The number of pyridine rings is 1. The SMILES string of the molecule is CCCOP(=O)(OCCC)C(CCCSC(=O)c1cn(C2CC2)c2c(OC)c(N3CCN(C(=O)OC(C)(C)C)C(C)C3)c(F)cc2c1=O)P(=O)(OCCC)OCCC. The molecule has 4 rings (SSSR count). The lowest BCUT2D eigenvalue weighted by Crippen LogP contribution is -2.55. The minimum atomic E-state index is -4.01. The third kappa shape index (κ3) is 11.9. The lowest BCUT2D eigenvalue weighted by atomic mass is 10.1. The molecule has 2 heterocycles. The van der Waals surface area contributed by atoms with Crippen molar-refractivity contribution in [3.05, 3.63) is 33.9 Å². The highest BCUT2D eigenvalue weighted by atomic mass is 32.2. The molecule has 0 radical (unpaired) electrons. The van der Waals surface area contributed by atoms with Crippen molar-refractivity contribution in [2.45, 2.75) is 130 Å². The van der Waals surface area contributed by atoms with E-state index in [0.29, 0.717) is 50.8 Å². The molecule has 1 aliphatic carbocycles. The van der Waals surface area contributed by atoms with Gasteiger partial charge in [0.25, 0.3) is 0 Å². The number of amides is 1. The number of carbonyl (C=O) groups is 2. The lowest BCUT2D eigenvalue weighted by molar-refractivity contribution is 0.0158. The number of hydrogen-bond donors (Lipinski definition) is 0. The Morgan fingerprint density at radius 3 is 1.95 bits per heavy atom. The molecule has 2 aliphatic rings. The van der Waals surface area contributed by atoms with Gasteiger partial charge in [-0.05, 0) is 85.1 Å². The summed E-state index contributed by atoms with van der Waals surface area (Å²) in [5.41, 5.74) is -0.782. The van der Waals surface area contributed by atoms with Gasteiger partial charge < -0.3 is 41.9 Å². The van der Waals surface area contributed by atoms with Crippen molar-refractivity contribution in [2.75, 3.05) is 63.8 Å². The molecule has 0 N–H and O–H groups in total. The largest absolute Gasteiger partial charge is 0.492 e. The number of benzene rings is 1. The second-order valence-electron chi connectivity index (χ2n) is 15.8. The van der Waals surface area contributed by atoms with Gasteiger partial charge in [0.2, 0.25) is 10.5 Å². The van der Waals surface area contributed by atoms with Gasteiger partial charge in [0.15, 0.2) is 17.0 Å². The zero-order chi connectivity index (χ0) is 42.8. The monoisotopic (exact) mass is 875 g/mol. The van der Waals surface area contributed by atoms with E-state index >= 15 is 4.39 Å². The van der Waals surface area contributed by atoms with Crippen molar-refractivity contribution in [1.82, 2.24) is 9.47 Å².